The average Bonchev–Trinajstić information content (AvgIpc) is 2.74. The van der Waals surface area contributed by atoms with Crippen molar-refractivity contribution in [2.45, 2.75) is 19.8 Å². The summed E-state index contributed by atoms with van der Waals surface area (Å²) in [5.74, 6) is 1.70. The number of anilines is 1. The van der Waals surface area contributed by atoms with E-state index in [1.54, 1.807) is 11.3 Å². The summed E-state index contributed by atoms with van der Waals surface area (Å²) in [6.07, 6.45) is 1.77. The molecule has 3 nitrogen and oxygen atoms in total. The minimum absolute atomic E-state index is 0.816. The maximum absolute atomic E-state index is 5.89. The highest BCUT2D eigenvalue weighted by Gasteiger charge is 2.02. The van der Waals surface area contributed by atoms with Crippen LogP contribution in [0.1, 0.15) is 17.6 Å². The standard InChI is InChI=1S/C12H13BrClN3S/c1-2-11-16-9(13)7-12(17-11)15-6-5-8-3-4-10(14)18-8/h3-4,7H,2,5-6H2,1H3,(H,15,16,17). The van der Waals surface area contributed by atoms with E-state index in [0.29, 0.717) is 0 Å². The maximum atomic E-state index is 5.89. The summed E-state index contributed by atoms with van der Waals surface area (Å²) < 4.78 is 1.65. The average molecular weight is 347 g/mol. The molecule has 6 heteroatoms. The zero-order valence-electron chi connectivity index (χ0n) is 9.91. The molecule has 1 N–H and O–H groups in total. The first-order chi connectivity index (χ1) is 8.67. The lowest BCUT2D eigenvalue weighted by molar-refractivity contribution is 0.917. The lowest BCUT2D eigenvalue weighted by atomic mass is 10.3. The van der Waals surface area contributed by atoms with Crippen molar-refractivity contribution >= 4 is 44.7 Å². The summed E-state index contributed by atoms with van der Waals surface area (Å²) in [7, 11) is 0. The fourth-order valence-corrected chi connectivity index (χ4v) is 3.02. The number of nitrogens with one attached hydrogen (secondary N) is 1. The van der Waals surface area contributed by atoms with Gasteiger partial charge in [0.1, 0.15) is 16.2 Å². The van der Waals surface area contributed by atoms with E-state index in [1.807, 2.05) is 19.1 Å². The Morgan fingerprint density at radius 1 is 1.39 bits per heavy atom. The largest absolute Gasteiger partial charge is 0.370 e. The molecule has 0 atom stereocenters. The molecule has 0 saturated heterocycles. The first kappa shape index (κ1) is 13.8. The van der Waals surface area contributed by atoms with Crippen molar-refractivity contribution in [2.75, 3.05) is 11.9 Å². The van der Waals surface area contributed by atoms with Crippen LogP contribution in [0.5, 0.6) is 0 Å². The number of hydrogen-bond donors (Lipinski definition) is 1. The van der Waals surface area contributed by atoms with Crippen LogP contribution in [0, 0.1) is 0 Å². The lowest BCUT2D eigenvalue weighted by Crippen LogP contribution is -2.07. The van der Waals surface area contributed by atoms with Crippen molar-refractivity contribution in [3.8, 4) is 0 Å². The molecule has 96 valence electrons. The van der Waals surface area contributed by atoms with Crippen molar-refractivity contribution in [1.82, 2.24) is 9.97 Å². The van der Waals surface area contributed by atoms with E-state index >= 15 is 0 Å². The van der Waals surface area contributed by atoms with Gasteiger partial charge < -0.3 is 5.32 Å². The summed E-state index contributed by atoms with van der Waals surface area (Å²) in [5.41, 5.74) is 0. The van der Waals surface area contributed by atoms with Crippen LogP contribution in [0.3, 0.4) is 0 Å². The summed E-state index contributed by atoms with van der Waals surface area (Å²) in [6, 6.07) is 5.88. The molecule has 2 heterocycles. The van der Waals surface area contributed by atoms with Gasteiger partial charge in [0.05, 0.1) is 4.34 Å². The van der Waals surface area contributed by atoms with Crippen molar-refractivity contribution in [1.29, 1.82) is 0 Å². The van der Waals surface area contributed by atoms with Crippen LogP contribution in [0.2, 0.25) is 4.34 Å². The Kier molecular flexibility index (Phi) is 4.97. The Bertz CT molecular complexity index is 530. The van der Waals surface area contributed by atoms with E-state index in [2.05, 4.69) is 37.3 Å². The van der Waals surface area contributed by atoms with Gasteiger partial charge in [-0.15, -0.1) is 11.3 Å². The van der Waals surface area contributed by atoms with Crippen LogP contribution in [-0.4, -0.2) is 16.5 Å². The molecule has 18 heavy (non-hydrogen) atoms. The third-order valence-electron chi connectivity index (χ3n) is 2.36. The number of aromatic nitrogens is 2. The third kappa shape index (κ3) is 3.93. The molecule has 0 aliphatic rings. The fraction of sp³-hybridized carbons (Fsp3) is 0.333. The van der Waals surface area contributed by atoms with Crippen molar-refractivity contribution in [3.05, 3.63) is 37.8 Å². The van der Waals surface area contributed by atoms with Gasteiger partial charge in [-0.3, -0.25) is 0 Å². The van der Waals surface area contributed by atoms with E-state index in [0.717, 1.165) is 40.0 Å². The first-order valence-electron chi connectivity index (χ1n) is 5.69. The Balaban J connectivity index is 1.91. The van der Waals surface area contributed by atoms with Gasteiger partial charge in [0, 0.05) is 23.9 Å². The summed E-state index contributed by atoms with van der Waals surface area (Å²) in [4.78, 5) is 9.96. The van der Waals surface area contributed by atoms with Crippen LogP contribution in [0.25, 0.3) is 0 Å². The summed E-state index contributed by atoms with van der Waals surface area (Å²) >= 11 is 10.9. The molecule has 0 saturated carbocycles. The normalized spacial score (nSPS) is 10.6. The van der Waals surface area contributed by atoms with E-state index in [-0.39, 0.29) is 0 Å². The predicted octanol–water partition coefficient (Wildman–Crippen LogP) is 4.17. The van der Waals surface area contributed by atoms with Crippen LogP contribution in [-0.2, 0) is 12.8 Å². The topological polar surface area (TPSA) is 37.8 Å². The second-order valence-corrected chi connectivity index (χ2v) is 6.34. The zero-order valence-corrected chi connectivity index (χ0v) is 13.1. The van der Waals surface area contributed by atoms with Gasteiger partial charge in [0.2, 0.25) is 0 Å². The second-order valence-electron chi connectivity index (χ2n) is 3.73. The number of hydrogen-bond acceptors (Lipinski definition) is 4. The maximum Gasteiger partial charge on any atom is 0.131 e. The first-order valence-corrected chi connectivity index (χ1v) is 7.67. The minimum atomic E-state index is 0.816. The lowest BCUT2D eigenvalue weighted by Gasteiger charge is -2.06. The molecular weight excluding hydrogens is 334 g/mol. The highest BCUT2D eigenvalue weighted by atomic mass is 79.9. The van der Waals surface area contributed by atoms with Gasteiger partial charge in [-0.05, 0) is 34.5 Å². The zero-order chi connectivity index (χ0) is 13.0. The monoisotopic (exact) mass is 345 g/mol. The van der Waals surface area contributed by atoms with Gasteiger partial charge >= 0.3 is 0 Å². The van der Waals surface area contributed by atoms with Gasteiger partial charge in [-0.25, -0.2) is 9.97 Å². The molecule has 0 bridgehead atoms. The van der Waals surface area contributed by atoms with E-state index < -0.39 is 0 Å². The SMILES string of the molecule is CCc1nc(Br)cc(NCCc2ccc(Cl)s2)n1. The van der Waals surface area contributed by atoms with Gasteiger partial charge in [0.25, 0.3) is 0 Å². The molecule has 0 amide bonds. The Hall–Kier alpha value is -0.650. The fourth-order valence-electron chi connectivity index (χ4n) is 1.51. The van der Waals surface area contributed by atoms with Crippen LogP contribution in [0.4, 0.5) is 5.82 Å². The van der Waals surface area contributed by atoms with E-state index in [9.17, 15) is 0 Å². The Labute approximate surface area is 124 Å². The van der Waals surface area contributed by atoms with E-state index in [1.165, 1.54) is 4.88 Å². The molecule has 2 aromatic heterocycles. The number of rotatable bonds is 5. The van der Waals surface area contributed by atoms with Gasteiger partial charge in [-0.2, -0.15) is 0 Å². The highest BCUT2D eigenvalue weighted by molar-refractivity contribution is 9.10. The van der Waals surface area contributed by atoms with E-state index in [4.69, 9.17) is 11.6 Å². The number of thiophene rings is 1. The predicted molar refractivity (Wildman–Crippen MR) is 80.6 cm³/mol. The Morgan fingerprint density at radius 3 is 2.89 bits per heavy atom. The molecule has 0 fully saturated rings. The van der Waals surface area contributed by atoms with Crippen molar-refractivity contribution in [3.63, 3.8) is 0 Å². The van der Waals surface area contributed by atoms with Crippen LogP contribution >= 0.6 is 38.9 Å². The molecule has 2 aromatic rings. The van der Waals surface area contributed by atoms with Crippen molar-refractivity contribution < 1.29 is 0 Å². The minimum Gasteiger partial charge on any atom is -0.370 e. The molecular formula is C12H13BrClN3S. The number of halogens is 2. The molecule has 0 spiro atoms. The number of aryl methyl sites for hydroxylation is 1. The highest BCUT2D eigenvalue weighted by Crippen LogP contribution is 2.21. The van der Waals surface area contributed by atoms with Gasteiger partial charge in [-0.1, -0.05) is 18.5 Å². The molecule has 0 unspecified atom stereocenters. The second kappa shape index (κ2) is 6.50. The molecule has 0 aliphatic heterocycles. The Morgan fingerprint density at radius 2 is 2.22 bits per heavy atom. The smallest absolute Gasteiger partial charge is 0.131 e. The molecule has 0 radical (unpaired) electrons. The summed E-state index contributed by atoms with van der Waals surface area (Å²) in [6.45, 7) is 2.88. The molecule has 2 rings (SSSR count). The molecule has 0 aliphatic carbocycles. The third-order valence-corrected chi connectivity index (χ3v) is 4.06. The van der Waals surface area contributed by atoms with Crippen molar-refractivity contribution in [2.24, 2.45) is 0 Å². The van der Waals surface area contributed by atoms with Crippen LogP contribution < -0.4 is 5.32 Å². The summed E-state index contributed by atoms with van der Waals surface area (Å²) in [5, 5.41) is 3.30. The molecule has 0 aromatic carbocycles. The quantitative estimate of drug-likeness (QED) is 0.826. The number of nitrogens with zero attached hydrogens (tertiary/aromatic N) is 2. The van der Waals surface area contributed by atoms with Gasteiger partial charge in [0.15, 0.2) is 0 Å². The van der Waals surface area contributed by atoms with Crippen LogP contribution in [0.15, 0.2) is 22.8 Å².